The van der Waals surface area contributed by atoms with Crippen molar-refractivity contribution in [3.8, 4) is 0 Å². The highest BCUT2D eigenvalue weighted by atomic mass is 16.5. The molecule has 0 heterocycles. The minimum Gasteiger partial charge on any atom is -0.409 e. The first-order valence-electron chi connectivity index (χ1n) is 4.50. The van der Waals surface area contributed by atoms with Crippen LogP contribution >= 0.6 is 0 Å². The fourth-order valence-electron chi connectivity index (χ4n) is 0.886. The molecule has 0 radical (unpaired) electrons. The molecule has 0 aromatic heterocycles. The first-order valence-corrected chi connectivity index (χ1v) is 4.50. The quantitative estimate of drug-likeness (QED) is 0.238. The van der Waals surface area contributed by atoms with Gasteiger partial charge in [0.1, 0.15) is 6.61 Å². The summed E-state index contributed by atoms with van der Waals surface area (Å²) in [6, 6.07) is -0.437. The molecule has 0 aromatic carbocycles. The standard InChI is InChI=1S/C8H17N3O3/c1-3-6(8(9)11-13)10-7(12)5-14-4-2/h6,13H,3-5H2,1-2H3,(H2,9,11)(H,10,12). The first kappa shape index (κ1) is 12.7. The van der Waals surface area contributed by atoms with Gasteiger partial charge < -0.3 is 21.0 Å². The van der Waals surface area contributed by atoms with Gasteiger partial charge in [0, 0.05) is 6.61 Å². The maximum Gasteiger partial charge on any atom is 0.246 e. The Morgan fingerprint density at radius 1 is 1.64 bits per heavy atom. The fourth-order valence-corrected chi connectivity index (χ4v) is 0.886. The van der Waals surface area contributed by atoms with Crippen molar-refractivity contribution < 1.29 is 14.7 Å². The van der Waals surface area contributed by atoms with Gasteiger partial charge in [-0.25, -0.2) is 0 Å². The summed E-state index contributed by atoms with van der Waals surface area (Å²) in [5.74, 6) is -0.275. The number of ether oxygens (including phenoxy) is 1. The summed E-state index contributed by atoms with van der Waals surface area (Å²) < 4.78 is 4.90. The Kier molecular flexibility index (Phi) is 6.47. The average Bonchev–Trinajstić information content (AvgIpc) is 2.21. The van der Waals surface area contributed by atoms with Crippen molar-refractivity contribution in [3.63, 3.8) is 0 Å². The summed E-state index contributed by atoms with van der Waals surface area (Å²) in [5, 5.41) is 13.8. The van der Waals surface area contributed by atoms with Crippen LogP contribution in [0.2, 0.25) is 0 Å². The Bertz CT molecular complexity index is 206. The largest absolute Gasteiger partial charge is 0.409 e. The molecule has 0 aliphatic heterocycles. The summed E-state index contributed by atoms with van der Waals surface area (Å²) >= 11 is 0. The van der Waals surface area contributed by atoms with Crippen LogP contribution in [0.5, 0.6) is 0 Å². The molecule has 0 bridgehead atoms. The third-order valence-corrected chi connectivity index (χ3v) is 1.65. The van der Waals surface area contributed by atoms with E-state index in [1.165, 1.54) is 0 Å². The van der Waals surface area contributed by atoms with E-state index in [0.29, 0.717) is 13.0 Å². The second-order valence-electron chi connectivity index (χ2n) is 2.69. The van der Waals surface area contributed by atoms with Gasteiger partial charge in [-0.1, -0.05) is 12.1 Å². The van der Waals surface area contributed by atoms with Crippen molar-refractivity contribution in [2.24, 2.45) is 10.9 Å². The van der Waals surface area contributed by atoms with Crippen molar-refractivity contribution in [2.75, 3.05) is 13.2 Å². The lowest BCUT2D eigenvalue weighted by Gasteiger charge is -2.14. The lowest BCUT2D eigenvalue weighted by atomic mass is 10.2. The number of carbonyl (C=O) groups is 1. The number of nitrogens with two attached hydrogens (primary N) is 1. The van der Waals surface area contributed by atoms with Crippen molar-refractivity contribution >= 4 is 11.7 Å². The number of hydrogen-bond donors (Lipinski definition) is 3. The van der Waals surface area contributed by atoms with Crippen LogP contribution in [0.25, 0.3) is 0 Å². The molecular formula is C8H17N3O3. The molecule has 0 spiro atoms. The van der Waals surface area contributed by atoms with Crippen molar-refractivity contribution in [1.82, 2.24) is 5.32 Å². The van der Waals surface area contributed by atoms with Crippen LogP contribution in [0.4, 0.5) is 0 Å². The highest BCUT2D eigenvalue weighted by Gasteiger charge is 2.14. The molecule has 0 aliphatic rings. The SMILES string of the molecule is CCOCC(=O)NC(CC)/C(N)=N/O. The zero-order valence-corrected chi connectivity index (χ0v) is 8.49. The fraction of sp³-hybridized carbons (Fsp3) is 0.750. The average molecular weight is 203 g/mol. The molecule has 0 aliphatic carbocycles. The van der Waals surface area contributed by atoms with E-state index in [-0.39, 0.29) is 18.3 Å². The van der Waals surface area contributed by atoms with Crippen LogP contribution in [0.15, 0.2) is 5.16 Å². The molecule has 0 aromatic rings. The van der Waals surface area contributed by atoms with E-state index in [1.54, 1.807) is 6.92 Å². The molecule has 82 valence electrons. The highest BCUT2D eigenvalue weighted by molar-refractivity contribution is 5.90. The molecule has 1 unspecified atom stereocenters. The summed E-state index contributed by atoms with van der Waals surface area (Å²) in [7, 11) is 0. The molecule has 1 atom stereocenters. The lowest BCUT2D eigenvalue weighted by molar-refractivity contribution is -0.125. The second kappa shape index (κ2) is 7.14. The Morgan fingerprint density at radius 2 is 2.29 bits per heavy atom. The summed E-state index contributed by atoms with van der Waals surface area (Å²) in [5.41, 5.74) is 5.35. The predicted molar refractivity (Wildman–Crippen MR) is 52.1 cm³/mol. The van der Waals surface area contributed by atoms with Crippen molar-refractivity contribution in [3.05, 3.63) is 0 Å². The molecule has 6 nitrogen and oxygen atoms in total. The predicted octanol–water partition coefficient (Wildman–Crippen LogP) is -0.336. The van der Waals surface area contributed by atoms with Crippen LogP contribution in [0.3, 0.4) is 0 Å². The number of amides is 1. The smallest absolute Gasteiger partial charge is 0.246 e. The molecular weight excluding hydrogens is 186 g/mol. The third kappa shape index (κ3) is 4.66. The van der Waals surface area contributed by atoms with Crippen LogP contribution < -0.4 is 11.1 Å². The number of carbonyl (C=O) groups excluding carboxylic acids is 1. The Labute approximate surface area is 83.1 Å². The summed E-state index contributed by atoms with van der Waals surface area (Å²) in [6.45, 7) is 4.09. The van der Waals surface area contributed by atoms with E-state index in [1.807, 2.05) is 6.92 Å². The molecule has 14 heavy (non-hydrogen) atoms. The molecule has 0 fully saturated rings. The Morgan fingerprint density at radius 3 is 2.71 bits per heavy atom. The molecule has 0 saturated heterocycles. The monoisotopic (exact) mass is 203 g/mol. The molecule has 1 amide bonds. The molecule has 6 heteroatoms. The topological polar surface area (TPSA) is 96.9 Å². The normalized spacial score (nSPS) is 13.7. The van der Waals surface area contributed by atoms with Gasteiger partial charge in [-0.3, -0.25) is 4.79 Å². The van der Waals surface area contributed by atoms with E-state index >= 15 is 0 Å². The maximum absolute atomic E-state index is 11.2. The number of hydrogen-bond acceptors (Lipinski definition) is 4. The van der Waals surface area contributed by atoms with Gasteiger partial charge in [0.05, 0.1) is 6.04 Å². The Balaban J connectivity index is 3.99. The molecule has 4 N–H and O–H groups in total. The van der Waals surface area contributed by atoms with Crippen LogP contribution in [-0.2, 0) is 9.53 Å². The van der Waals surface area contributed by atoms with Gasteiger partial charge >= 0.3 is 0 Å². The number of rotatable bonds is 6. The summed E-state index contributed by atoms with van der Waals surface area (Å²) in [6.07, 6.45) is 0.563. The van der Waals surface area contributed by atoms with Crippen LogP contribution in [-0.4, -0.2) is 36.2 Å². The van der Waals surface area contributed by atoms with Crippen molar-refractivity contribution in [1.29, 1.82) is 0 Å². The minimum atomic E-state index is -0.437. The lowest BCUT2D eigenvalue weighted by Crippen LogP contribution is -2.45. The van der Waals surface area contributed by atoms with E-state index in [0.717, 1.165) is 0 Å². The van der Waals surface area contributed by atoms with Gasteiger partial charge in [0.2, 0.25) is 5.91 Å². The second-order valence-corrected chi connectivity index (χ2v) is 2.69. The van der Waals surface area contributed by atoms with Gasteiger partial charge in [0.25, 0.3) is 0 Å². The number of amidine groups is 1. The van der Waals surface area contributed by atoms with E-state index in [4.69, 9.17) is 15.7 Å². The number of nitrogens with zero attached hydrogens (tertiary/aromatic N) is 1. The van der Waals surface area contributed by atoms with E-state index < -0.39 is 6.04 Å². The zero-order valence-electron chi connectivity index (χ0n) is 8.49. The zero-order chi connectivity index (χ0) is 11.0. The number of nitrogens with one attached hydrogen (secondary N) is 1. The van der Waals surface area contributed by atoms with Gasteiger partial charge in [0.15, 0.2) is 5.84 Å². The first-order chi connectivity index (χ1) is 6.65. The molecule has 0 rings (SSSR count). The number of oxime groups is 1. The van der Waals surface area contributed by atoms with Crippen LogP contribution in [0, 0.1) is 0 Å². The van der Waals surface area contributed by atoms with Gasteiger partial charge in [-0.2, -0.15) is 0 Å². The maximum atomic E-state index is 11.2. The van der Waals surface area contributed by atoms with Crippen LogP contribution in [0.1, 0.15) is 20.3 Å². The summed E-state index contributed by atoms with van der Waals surface area (Å²) in [4.78, 5) is 11.2. The van der Waals surface area contributed by atoms with Crippen molar-refractivity contribution in [2.45, 2.75) is 26.3 Å². The minimum absolute atomic E-state index is 0.00246. The van der Waals surface area contributed by atoms with E-state index in [2.05, 4.69) is 10.5 Å². The Hall–Kier alpha value is -1.30. The highest BCUT2D eigenvalue weighted by Crippen LogP contribution is 1.91. The third-order valence-electron chi connectivity index (χ3n) is 1.65. The van der Waals surface area contributed by atoms with Gasteiger partial charge in [-0.15, -0.1) is 0 Å². The van der Waals surface area contributed by atoms with E-state index in [9.17, 15) is 4.79 Å². The van der Waals surface area contributed by atoms with Gasteiger partial charge in [-0.05, 0) is 13.3 Å². The molecule has 0 saturated carbocycles.